The van der Waals surface area contributed by atoms with Crippen molar-refractivity contribution in [1.29, 1.82) is 0 Å². The first-order chi connectivity index (χ1) is 7.61. The van der Waals surface area contributed by atoms with E-state index in [4.69, 9.17) is 22.1 Å². The van der Waals surface area contributed by atoms with Crippen molar-refractivity contribution in [3.05, 3.63) is 28.3 Å². The predicted molar refractivity (Wildman–Crippen MR) is 67.0 cm³/mol. The van der Waals surface area contributed by atoms with E-state index in [1.165, 1.54) is 5.56 Å². The van der Waals surface area contributed by atoms with Gasteiger partial charge < -0.3 is 10.5 Å². The summed E-state index contributed by atoms with van der Waals surface area (Å²) in [5.41, 5.74) is 8.58. The third kappa shape index (κ3) is 2.18. The highest BCUT2D eigenvalue weighted by Gasteiger charge is 2.22. The van der Waals surface area contributed by atoms with Gasteiger partial charge in [-0.3, -0.25) is 0 Å². The van der Waals surface area contributed by atoms with Crippen molar-refractivity contribution in [2.75, 3.05) is 7.11 Å². The normalized spacial score (nSPS) is 24.8. The summed E-state index contributed by atoms with van der Waals surface area (Å²) in [7, 11) is 1.66. The molecule has 0 spiro atoms. The second-order valence-corrected chi connectivity index (χ2v) is 5.07. The minimum absolute atomic E-state index is 0.0834. The Morgan fingerprint density at radius 2 is 2.19 bits per heavy atom. The van der Waals surface area contributed by atoms with E-state index in [9.17, 15) is 0 Å². The number of nitrogens with two attached hydrogens (primary N) is 1. The molecule has 2 rings (SSSR count). The minimum atomic E-state index is 0.0834. The molecule has 0 heterocycles. The third-order valence-corrected chi connectivity index (χ3v) is 3.72. The van der Waals surface area contributed by atoms with Gasteiger partial charge in [0.05, 0.1) is 7.11 Å². The van der Waals surface area contributed by atoms with Crippen molar-refractivity contribution in [2.45, 2.75) is 32.2 Å². The van der Waals surface area contributed by atoms with Crippen LogP contribution in [0.5, 0.6) is 5.75 Å². The summed E-state index contributed by atoms with van der Waals surface area (Å²) in [5.74, 6) is 1.46. The number of hydrogen-bond donors (Lipinski definition) is 1. The molecule has 1 aromatic carbocycles. The second-order valence-electron chi connectivity index (χ2n) is 4.66. The summed E-state index contributed by atoms with van der Waals surface area (Å²) in [6.45, 7) is 2.25. The molecular formula is C13H18ClNO. The molecule has 16 heavy (non-hydrogen) atoms. The highest BCUT2D eigenvalue weighted by molar-refractivity contribution is 6.31. The third-order valence-electron chi connectivity index (χ3n) is 3.38. The molecule has 0 saturated heterocycles. The van der Waals surface area contributed by atoms with Gasteiger partial charge in [-0.25, -0.2) is 0 Å². The molecule has 0 saturated carbocycles. The standard InChI is InChI=1S/C13H18ClNO/c1-8-3-4-10-11(13(15)5-8)6-9(16-2)7-12(10)14/h6-8,13H,3-5,15H2,1-2H3. The number of hydrogen-bond acceptors (Lipinski definition) is 2. The van der Waals surface area contributed by atoms with E-state index in [1.54, 1.807) is 7.11 Å². The average molecular weight is 240 g/mol. The van der Waals surface area contributed by atoms with Crippen LogP contribution in [0.15, 0.2) is 12.1 Å². The van der Waals surface area contributed by atoms with Gasteiger partial charge in [0.1, 0.15) is 5.75 Å². The lowest BCUT2D eigenvalue weighted by atomic mass is 9.98. The number of fused-ring (bicyclic) bond motifs is 1. The van der Waals surface area contributed by atoms with Gasteiger partial charge in [-0.2, -0.15) is 0 Å². The van der Waals surface area contributed by atoms with Crippen LogP contribution < -0.4 is 10.5 Å². The second kappa shape index (κ2) is 4.64. The van der Waals surface area contributed by atoms with Gasteiger partial charge in [-0.1, -0.05) is 18.5 Å². The van der Waals surface area contributed by atoms with E-state index >= 15 is 0 Å². The lowest BCUT2D eigenvalue weighted by Gasteiger charge is -2.16. The van der Waals surface area contributed by atoms with Gasteiger partial charge >= 0.3 is 0 Å². The molecule has 1 aromatic rings. The zero-order valence-electron chi connectivity index (χ0n) is 9.79. The number of ether oxygens (including phenoxy) is 1. The van der Waals surface area contributed by atoms with Gasteiger partial charge in [-0.05, 0) is 48.4 Å². The monoisotopic (exact) mass is 239 g/mol. The Labute approximate surface area is 102 Å². The van der Waals surface area contributed by atoms with E-state index in [0.717, 1.165) is 35.6 Å². The van der Waals surface area contributed by atoms with Crippen molar-refractivity contribution >= 4 is 11.6 Å². The van der Waals surface area contributed by atoms with Crippen LogP contribution in [0.25, 0.3) is 0 Å². The van der Waals surface area contributed by atoms with Gasteiger partial charge in [0.2, 0.25) is 0 Å². The molecule has 1 aliphatic carbocycles. The van der Waals surface area contributed by atoms with Gasteiger partial charge in [0, 0.05) is 11.1 Å². The number of halogens is 1. The van der Waals surface area contributed by atoms with E-state index in [-0.39, 0.29) is 6.04 Å². The fourth-order valence-electron chi connectivity index (χ4n) is 2.41. The van der Waals surface area contributed by atoms with Crippen molar-refractivity contribution in [1.82, 2.24) is 0 Å². The molecule has 2 atom stereocenters. The average Bonchev–Trinajstić information content (AvgIpc) is 2.39. The Hall–Kier alpha value is -0.730. The molecule has 0 bridgehead atoms. The molecule has 2 unspecified atom stereocenters. The first kappa shape index (κ1) is 11.7. The van der Waals surface area contributed by atoms with Gasteiger partial charge in [0.15, 0.2) is 0 Å². The van der Waals surface area contributed by atoms with Crippen molar-refractivity contribution in [3.63, 3.8) is 0 Å². The molecule has 0 aliphatic heterocycles. The minimum Gasteiger partial charge on any atom is -0.497 e. The summed E-state index contributed by atoms with van der Waals surface area (Å²) >= 11 is 6.28. The molecule has 0 fully saturated rings. The summed E-state index contributed by atoms with van der Waals surface area (Å²) in [5, 5.41) is 0.791. The lowest BCUT2D eigenvalue weighted by molar-refractivity contribution is 0.413. The van der Waals surface area contributed by atoms with Crippen LogP contribution in [-0.4, -0.2) is 7.11 Å². The summed E-state index contributed by atoms with van der Waals surface area (Å²) in [4.78, 5) is 0. The molecule has 0 aromatic heterocycles. The molecule has 2 N–H and O–H groups in total. The lowest BCUT2D eigenvalue weighted by Crippen LogP contribution is -2.13. The Bertz CT molecular complexity index is 392. The first-order valence-electron chi connectivity index (χ1n) is 5.73. The Morgan fingerprint density at radius 3 is 2.88 bits per heavy atom. The zero-order valence-corrected chi connectivity index (χ0v) is 10.6. The highest BCUT2D eigenvalue weighted by atomic mass is 35.5. The van der Waals surface area contributed by atoms with Crippen LogP contribution in [0.1, 0.15) is 36.9 Å². The smallest absolute Gasteiger partial charge is 0.120 e. The topological polar surface area (TPSA) is 35.2 Å². The molecule has 0 amide bonds. The SMILES string of the molecule is COc1cc(Cl)c2c(c1)C(N)CC(C)CC2. The number of rotatable bonds is 1. The maximum atomic E-state index is 6.28. The van der Waals surface area contributed by atoms with Crippen molar-refractivity contribution in [3.8, 4) is 5.75 Å². The molecule has 0 radical (unpaired) electrons. The fraction of sp³-hybridized carbons (Fsp3) is 0.538. The molecular weight excluding hydrogens is 222 g/mol. The first-order valence-corrected chi connectivity index (χ1v) is 6.11. The van der Waals surface area contributed by atoms with Crippen LogP contribution in [0.3, 0.4) is 0 Å². The summed E-state index contributed by atoms with van der Waals surface area (Å²) < 4.78 is 5.24. The summed E-state index contributed by atoms with van der Waals surface area (Å²) in [6, 6.07) is 3.99. The fourth-order valence-corrected chi connectivity index (χ4v) is 2.72. The number of methoxy groups -OCH3 is 1. The van der Waals surface area contributed by atoms with Crippen molar-refractivity contribution in [2.24, 2.45) is 11.7 Å². The molecule has 1 aliphatic rings. The van der Waals surface area contributed by atoms with Crippen LogP contribution in [0, 0.1) is 5.92 Å². The van der Waals surface area contributed by atoms with E-state index in [0.29, 0.717) is 5.92 Å². The molecule has 3 heteroatoms. The van der Waals surface area contributed by atoms with Crippen LogP contribution in [0.2, 0.25) is 5.02 Å². The predicted octanol–water partition coefficient (Wildman–Crippen LogP) is 3.32. The highest BCUT2D eigenvalue weighted by Crippen LogP contribution is 2.36. The van der Waals surface area contributed by atoms with E-state index < -0.39 is 0 Å². The van der Waals surface area contributed by atoms with Crippen molar-refractivity contribution < 1.29 is 4.74 Å². The summed E-state index contributed by atoms with van der Waals surface area (Å²) in [6.07, 6.45) is 3.20. The molecule has 2 nitrogen and oxygen atoms in total. The van der Waals surface area contributed by atoms with Gasteiger partial charge in [-0.15, -0.1) is 0 Å². The molecule has 88 valence electrons. The Morgan fingerprint density at radius 1 is 1.44 bits per heavy atom. The van der Waals surface area contributed by atoms with E-state index in [1.807, 2.05) is 12.1 Å². The zero-order chi connectivity index (χ0) is 11.7. The quantitative estimate of drug-likeness (QED) is 0.763. The maximum Gasteiger partial charge on any atom is 0.120 e. The van der Waals surface area contributed by atoms with E-state index in [2.05, 4.69) is 6.92 Å². The van der Waals surface area contributed by atoms with Crippen LogP contribution in [0.4, 0.5) is 0 Å². The van der Waals surface area contributed by atoms with Gasteiger partial charge in [0.25, 0.3) is 0 Å². The maximum absolute atomic E-state index is 6.28. The Balaban J connectivity index is 2.47. The van der Waals surface area contributed by atoms with Crippen LogP contribution >= 0.6 is 11.6 Å². The Kier molecular flexibility index (Phi) is 3.41. The van der Waals surface area contributed by atoms with Crippen LogP contribution in [-0.2, 0) is 6.42 Å². The number of benzene rings is 1. The largest absolute Gasteiger partial charge is 0.497 e.